The molecule has 5 nitrogen and oxygen atoms in total. The molecule has 2 heterocycles. The summed E-state index contributed by atoms with van der Waals surface area (Å²) in [5.74, 6) is 0.692. The molecule has 0 amide bonds. The van der Waals surface area contributed by atoms with Gasteiger partial charge in [0.1, 0.15) is 12.4 Å². The second-order valence-corrected chi connectivity index (χ2v) is 4.82. The molecule has 0 unspecified atom stereocenters. The van der Waals surface area contributed by atoms with Gasteiger partial charge in [0, 0.05) is 35.9 Å². The normalized spacial score (nSPS) is 10.9. The van der Waals surface area contributed by atoms with Gasteiger partial charge >= 0.3 is 5.97 Å². The van der Waals surface area contributed by atoms with E-state index in [1.807, 2.05) is 42.1 Å². The Morgan fingerprint density at radius 1 is 1.38 bits per heavy atom. The van der Waals surface area contributed by atoms with E-state index in [4.69, 9.17) is 4.74 Å². The molecule has 21 heavy (non-hydrogen) atoms. The summed E-state index contributed by atoms with van der Waals surface area (Å²) >= 11 is 0. The molecular formula is C16H17N3O2. The van der Waals surface area contributed by atoms with Crippen molar-refractivity contribution >= 4 is 16.9 Å². The number of hydrogen-bond donors (Lipinski definition) is 1. The van der Waals surface area contributed by atoms with Gasteiger partial charge in [-0.15, -0.1) is 0 Å². The molecule has 2 aromatic heterocycles. The van der Waals surface area contributed by atoms with Gasteiger partial charge in [-0.1, -0.05) is 18.2 Å². The molecule has 0 atom stereocenters. The van der Waals surface area contributed by atoms with Crippen LogP contribution in [0.3, 0.4) is 0 Å². The van der Waals surface area contributed by atoms with E-state index in [0.717, 1.165) is 22.3 Å². The SMILES string of the molecule is CCOC(=O)Cn1cc(Cc2ncc[nH]2)c2ccccc21. The number of aromatic amines is 1. The predicted molar refractivity (Wildman–Crippen MR) is 80.0 cm³/mol. The molecule has 0 saturated carbocycles. The number of benzene rings is 1. The number of nitrogens with one attached hydrogen (secondary N) is 1. The van der Waals surface area contributed by atoms with Gasteiger partial charge in [-0.05, 0) is 18.6 Å². The van der Waals surface area contributed by atoms with E-state index >= 15 is 0 Å². The van der Waals surface area contributed by atoms with Crippen molar-refractivity contribution in [2.75, 3.05) is 6.61 Å². The summed E-state index contributed by atoms with van der Waals surface area (Å²) < 4.78 is 6.97. The summed E-state index contributed by atoms with van der Waals surface area (Å²) in [7, 11) is 0. The van der Waals surface area contributed by atoms with Crippen LogP contribution in [-0.4, -0.2) is 27.1 Å². The van der Waals surface area contributed by atoms with Crippen LogP contribution in [-0.2, 0) is 22.5 Å². The first kappa shape index (κ1) is 13.4. The smallest absolute Gasteiger partial charge is 0.325 e. The molecule has 0 aliphatic rings. The Morgan fingerprint density at radius 2 is 2.24 bits per heavy atom. The fraction of sp³-hybridized carbons (Fsp3) is 0.250. The molecule has 0 spiro atoms. The van der Waals surface area contributed by atoms with Crippen LogP contribution in [0, 0.1) is 0 Å². The number of esters is 1. The summed E-state index contributed by atoms with van der Waals surface area (Å²) in [6.07, 6.45) is 6.27. The van der Waals surface area contributed by atoms with Crippen molar-refractivity contribution in [1.29, 1.82) is 0 Å². The van der Waals surface area contributed by atoms with Crippen LogP contribution < -0.4 is 0 Å². The predicted octanol–water partition coefficient (Wildman–Crippen LogP) is 2.52. The van der Waals surface area contributed by atoms with Gasteiger partial charge in [0.05, 0.1) is 6.61 Å². The number of rotatable bonds is 5. The third-order valence-electron chi connectivity index (χ3n) is 3.39. The lowest BCUT2D eigenvalue weighted by Gasteiger charge is -2.04. The maximum absolute atomic E-state index is 11.7. The number of carbonyl (C=O) groups is 1. The molecule has 108 valence electrons. The summed E-state index contributed by atoms with van der Waals surface area (Å²) in [5, 5.41) is 1.14. The molecule has 0 radical (unpaired) electrons. The van der Waals surface area contributed by atoms with E-state index in [2.05, 4.69) is 16.0 Å². The highest BCUT2D eigenvalue weighted by Gasteiger charge is 2.12. The first-order valence-corrected chi connectivity index (χ1v) is 6.98. The van der Waals surface area contributed by atoms with Crippen molar-refractivity contribution < 1.29 is 9.53 Å². The number of H-pyrrole nitrogens is 1. The molecule has 0 aliphatic heterocycles. The minimum Gasteiger partial charge on any atom is -0.465 e. The second-order valence-electron chi connectivity index (χ2n) is 4.82. The van der Waals surface area contributed by atoms with Crippen LogP contribution in [0.25, 0.3) is 10.9 Å². The summed E-state index contributed by atoms with van der Waals surface area (Å²) in [6.45, 7) is 2.44. The Labute approximate surface area is 122 Å². The van der Waals surface area contributed by atoms with Gasteiger partial charge in [0.15, 0.2) is 0 Å². The number of imidazole rings is 1. The molecule has 5 heteroatoms. The van der Waals surface area contributed by atoms with Gasteiger partial charge in [-0.2, -0.15) is 0 Å². The highest BCUT2D eigenvalue weighted by atomic mass is 16.5. The van der Waals surface area contributed by atoms with E-state index in [1.165, 1.54) is 0 Å². The molecule has 1 N–H and O–H groups in total. The maximum Gasteiger partial charge on any atom is 0.325 e. The maximum atomic E-state index is 11.7. The highest BCUT2D eigenvalue weighted by molar-refractivity contribution is 5.85. The Morgan fingerprint density at radius 3 is 3.00 bits per heavy atom. The molecule has 1 aromatic carbocycles. The third kappa shape index (κ3) is 2.81. The Balaban J connectivity index is 1.95. The van der Waals surface area contributed by atoms with Crippen LogP contribution >= 0.6 is 0 Å². The fourth-order valence-electron chi connectivity index (χ4n) is 2.52. The van der Waals surface area contributed by atoms with Gasteiger partial charge in [-0.3, -0.25) is 4.79 Å². The first-order valence-electron chi connectivity index (χ1n) is 6.98. The van der Waals surface area contributed by atoms with Crippen LogP contribution in [0.15, 0.2) is 42.9 Å². The Kier molecular flexibility index (Phi) is 3.73. The van der Waals surface area contributed by atoms with Crippen molar-refractivity contribution in [2.45, 2.75) is 19.9 Å². The molecular weight excluding hydrogens is 266 g/mol. The lowest BCUT2D eigenvalue weighted by molar-refractivity contribution is -0.143. The number of hydrogen-bond acceptors (Lipinski definition) is 3. The van der Waals surface area contributed by atoms with Crippen LogP contribution in [0.4, 0.5) is 0 Å². The quantitative estimate of drug-likeness (QED) is 0.732. The molecule has 0 aliphatic carbocycles. The molecule has 0 fully saturated rings. The molecule has 0 bridgehead atoms. The fourth-order valence-corrected chi connectivity index (χ4v) is 2.52. The monoisotopic (exact) mass is 283 g/mol. The Bertz CT molecular complexity index is 744. The largest absolute Gasteiger partial charge is 0.465 e. The van der Waals surface area contributed by atoms with Crippen molar-refractivity contribution in [3.63, 3.8) is 0 Å². The molecule has 3 aromatic rings. The number of ether oxygens (including phenoxy) is 1. The minimum absolute atomic E-state index is 0.220. The average molecular weight is 283 g/mol. The third-order valence-corrected chi connectivity index (χ3v) is 3.39. The van der Waals surface area contributed by atoms with E-state index in [0.29, 0.717) is 13.0 Å². The van der Waals surface area contributed by atoms with Gasteiger partial charge in [0.25, 0.3) is 0 Å². The standard InChI is InChI=1S/C16H17N3O2/c1-2-21-16(20)11-19-10-12(9-15-17-7-8-18-15)13-5-3-4-6-14(13)19/h3-8,10H,2,9,11H2,1H3,(H,17,18). The van der Waals surface area contributed by atoms with E-state index in [-0.39, 0.29) is 12.5 Å². The number of aromatic nitrogens is 3. The first-order chi connectivity index (χ1) is 10.3. The average Bonchev–Trinajstić information content (AvgIpc) is 3.09. The summed E-state index contributed by atoms with van der Waals surface area (Å²) in [4.78, 5) is 19.1. The van der Waals surface area contributed by atoms with Crippen molar-refractivity contribution in [2.24, 2.45) is 0 Å². The second kappa shape index (κ2) is 5.83. The van der Waals surface area contributed by atoms with Crippen LogP contribution in [0.2, 0.25) is 0 Å². The van der Waals surface area contributed by atoms with Gasteiger partial charge < -0.3 is 14.3 Å². The molecule has 3 rings (SSSR count). The molecule has 0 saturated heterocycles. The van der Waals surface area contributed by atoms with Crippen molar-refractivity contribution in [3.8, 4) is 0 Å². The Hall–Kier alpha value is -2.56. The van der Waals surface area contributed by atoms with Crippen molar-refractivity contribution in [1.82, 2.24) is 14.5 Å². The number of carbonyl (C=O) groups excluding carboxylic acids is 1. The zero-order chi connectivity index (χ0) is 14.7. The highest BCUT2D eigenvalue weighted by Crippen LogP contribution is 2.23. The topological polar surface area (TPSA) is 59.9 Å². The van der Waals surface area contributed by atoms with E-state index < -0.39 is 0 Å². The zero-order valence-electron chi connectivity index (χ0n) is 11.9. The number of nitrogens with zero attached hydrogens (tertiary/aromatic N) is 2. The number of para-hydroxylation sites is 1. The van der Waals surface area contributed by atoms with Gasteiger partial charge in [-0.25, -0.2) is 4.98 Å². The summed E-state index contributed by atoms with van der Waals surface area (Å²) in [6, 6.07) is 8.05. The lowest BCUT2D eigenvalue weighted by Crippen LogP contribution is -2.12. The van der Waals surface area contributed by atoms with E-state index in [1.54, 1.807) is 6.20 Å². The zero-order valence-corrected chi connectivity index (χ0v) is 11.9. The summed E-state index contributed by atoms with van der Waals surface area (Å²) in [5.41, 5.74) is 2.18. The minimum atomic E-state index is -0.220. The van der Waals surface area contributed by atoms with Crippen LogP contribution in [0.1, 0.15) is 18.3 Å². The van der Waals surface area contributed by atoms with E-state index in [9.17, 15) is 4.79 Å². The number of fused-ring (bicyclic) bond motifs is 1. The van der Waals surface area contributed by atoms with Gasteiger partial charge in [0.2, 0.25) is 0 Å². The van der Waals surface area contributed by atoms with Crippen LogP contribution in [0.5, 0.6) is 0 Å². The van der Waals surface area contributed by atoms with Crippen molar-refractivity contribution in [3.05, 3.63) is 54.2 Å². The lowest BCUT2D eigenvalue weighted by atomic mass is 10.1.